The molecule has 0 bridgehead atoms. The minimum absolute atomic E-state index is 0. The smallest absolute Gasteiger partial charge is 0.0897 e. The van der Waals surface area contributed by atoms with Crippen LogP contribution in [0.15, 0.2) is 5.38 Å². The third kappa shape index (κ3) is 5.34. The van der Waals surface area contributed by atoms with Gasteiger partial charge >= 0.3 is 0 Å². The second-order valence-corrected chi connectivity index (χ2v) is 5.57. The first kappa shape index (κ1) is 14.9. The number of nitrogens with zero attached hydrogens (tertiary/aromatic N) is 1. The number of rotatable bonds is 5. The summed E-state index contributed by atoms with van der Waals surface area (Å²) in [5, 5.41) is 10.3. The van der Waals surface area contributed by atoms with E-state index in [2.05, 4.69) is 27.9 Å². The van der Waals surface area contributed by atoms with Crippen LogP contribution < -0.4 is 10.6 Å². The van der Waals surface area contributed by atoms with Gasteiger partial charge in [0, 0.05) is 18.3 Å². The molecule has 1 aromatic heterocycles. The molecule has 0 aromatic carbocycles. The number of nitrogens with one attached hydrogen (secondary N) is 2. The van der Waals surface area contributed by atoms with E-state index in [1.807, 2.05) is 0 Å². The van der Waals surface area contributed by atoms with Gasteiger partial charge in [-0.1, -0.05) is 0 Å². The quantitative estimate of drug-likeness (QED) is 0.807. The van der Waals surface area contributed by atoms with Crippen LogP contribution in [0.3, 0.4) is 0 Å². The SMILES string of the molecule is Cc1nc(CCNCC2CCNCC2)cs1.Cl. The van der Waals surface area contributed by atoms with Gasteiger partial charge < -0.3 is 10.6 Å². The Morgan fingerprint density at radius 1 is 1.47 bits per heavy atom. The Morgan fingerprint density at radius 2 is 2.24 bits per heavy atom. The first-order valence-corrected chi connectivity index (χ1v) is 7.05. The predicted molar refractivity (Wildman–Crippen MR) is 76.3 cm³/mol. The van der Waals surface area contributed by atoms with Crippen LogP contribution >= 0.6 is 23.7 Å². The summed E-state index contributed by atoms with van der Waals surface area (Å²) in [5.41, 5.74) is 1.24. The Bertz CT molecular complexity index is 310. The first-order chi connectivity index (χ1) is 7.84. The maximum Gasteiger partial charge on any atom is 0.0897 e. The van der Waals surface area contributed by atoms with Gasteiger partial charge in [0.05, 0.1) is 10.7 Å². The van der Waals surface area contributed by atoms with E-state index in [0.29, 0.717) is 0 Å². The highest BCUT2D eigenvalue weighted by atomic mass is 35.5. The molecule has 0 atom stereocenters. The van der Waals surface area contributed by atoms with Crippen molar-refractivity contribution in [1.82, 2.24) is 15.6 Å². The molecule has 2 N–H and O–H groups in total. The molecule has 1 fully saturated rings. The third-order valence-electron chi connectivity index (χ3n) is 3.12. The number of aryl methyl sites for hydroxylation is 1. The van der Waals surface area contributed by atoms with Crippen molar-refractivity contribution in [2.24, 2.45) is 5.92 Å². The Hall–Kier alpha value is -0.160. The number of aromatic nitrogens is 1. The highest BCUT2D eigenvalue weighted by Gasteiger charge is 2.11. The van der Waals surface area contributed by atoms with E-state index in [0.717, 1.165) is 18.9 Å². The molecule has 5 heteroatoms. The van der Waals surface area contributed by atoms with Crippen molar-refractivity contribution in [2.75, 3.05) is 26.2 Å². The van der Waals surface area contributed by atoms with Crippen LogP contribution in [0, 0.1) is 12.8 Å². The summed E-state index contributed by atoms with van der Waals surface area (Å²) in [5.74, 6) is 0.874. The van der Waals surface area contributed by atoms with Crippen molar-refractivity contribution in [3.63, 3.8) is 0 Å². The minimum Gasteiger partial charge on any atom is -0.317 e. The van der Waals surface area contributed by atoms with Gasteiger partial charge in [-0.3, -0.25) is 0 Å². The topological polar surface area (TPSA) is 37.0 Å². The zero-order valence-electron chi connectivity index (χ0n) is 10.4. The third-order valence-corrected chi connectivity index (χ3v) is 3.94. The van der Waals surface area contributed by atoms with Crippen LogP contribution in [-0.4, -0.2) is 31.2 Å². The van der Waals surface area contributed by atoms with E-state index < -0.39 is 0 Å². The number of hydrogen-bond acceptors (Lipinski definition) is 4. The van der Waals surface area contributed by atoms with Crippen molar-refractivity contribution < 1.29 is 0 Å². The molecular weight excluding hydrogens is 254 g/mol. The summed E-state index contributed by atoms with van der Waals surface area (Å²) >= 11 is 1.74. The lowest BCUT2D eigenvalue weighted by molar-refractivity contribution is 0.357. The van der Waals surface area contributed by atoms with Gasteiger partial charge in [-0.2, -0.15) is 0 Å². The number of hydrogen-bond donors (Lipinski definition) is 2. The lowest BCUT2D eigenvalue weighted by Crippen LogP contribution is -2.34. The fraction of sp³-hybridized carbons (Fsp3) is 0.750. The van der Waals surface area contributed by atoms with Crippen LogP contribution in [0.2, 0.25) is 0 Å². The van der Waals surface area contributed by atoms with E-state index in [1.54, 1.807) is 11.3 Å². The Labute approximate surface area is 114 Å². The molecule has 2 rings (SSSR count). The number of thiazole rings is 1. The average Bonchev–Trinajstić information content (AvgIpc) is 2.72. The second kappa shape index (κ2) is 8.03. The summed E-state index contributed by atoms with van der Waals surface area (Å²) in [6.07, 6.45) is 3.71. The van der Waals surface area contributed by atoms with E-state index in [9.17, 15) is 0 Å². The molecule has 1 saturated heterocycles. The maximum absolute atomic E-state index is 4.46. The maximum atomic E-state index is 4.46. The van der Waals surface area contributed by atoms with Crippen molar-refractivity contribution in [2.45, 2.75) is 26.2 Å². The van der Waals surface area contributed by atoms with Gasteiger partial charge in [-0.15, -0.1) is 23.7 Å². The van der Waals surface area contributed by atoms with E-state index in [4.69, 9.17) is 0 Å². The van der Waals surface area contributed by atoms with Gasteiger partial charge in [-0.25, -0.2) is 4.98 Å². The van der Waals surface area contributed by atoms with Crippen molar-refractivity contribution >= 4 is 23.7 Å². The van der Waals surface area contributed by atoms with Crippen molar-refractivity contribution in [1.29, 1.82) is 0 Å². The van der Waals surface area contributed by atoms with Crippen LogP contribution in [0.25, 0.3) is 0 Å². The van der Waals surface area contributed by atoms with Gasteiger partial charge in [0.15, 0.2) is 0 Å². The normalized spacial score (nSPS) is 16.8. The monoisotopic (exact) mass is 275 g/mol. The molecule has 0 amide bonds. The fourth-order valence-electron chi connectivity index (χ4n) is 2.13. The fourth-order valence-corrected chi connectivity index (χ4v) is 2.78. The number of halogens is 1. The Balaban J connectivity index is 0.00000144. The summed E-state index contributed by atoms with van der Waals surface area (Å²) in [4.78, 5) is 4.46. The van der Waals surface area contributed by atoms with Crippen LogP contribution in [0.1, 0.15) is 23.5 Å². The molecule has 2 heterocycles. The molecule has 17 heavy (non-hydrogen) atoms. The average molecular weight is 276 g/mol. The summed E-state index contributed by atoms with van der Waals surface area (Å²) in [7, 11) is 0. The molecule has 0 radical (unpaired) electrons. The molecule has 0 spiro atoms. The van der Waals surface area contributed by atoms with E-state index in [-0.39, 0.29) is 12.4 Å². The highest BCUT2D eigenvalue weighted by Crippen LogP contribution is 2.10. The van der Waals surface area contributed by atoms with Gasteiger partial charge in [0.2, 0.25) is 0 Å². The molecule has 1 aliphatic heterocycles. The highest BCUT2D eigenvalue weighted by molar-refractivity contribution is 7.09. The van der Waals surface area contributed by atoms with Gasteiger partial charge in [0.25, 0.3) is 0 Å². The molecule has 0 unspecified atom stereocenters. The van der Waals surface area contributed by atoms with Crippen LogP contribution in [0.4, 0.5) is 0 Å². The molecule has 0 aliphatic carbocycles. The lowest BCUT2D eigenvalue weighted by atomic mass is 9.98. The van der Waals surface area contributed by atoms with Crippen LogP contribution in [-0.2, 0) is 6.42 Å². The van der Waals surface area contributed by atoms with Crippen LogP contribution in [0.5, 0.6) is 0 Å². The number of piperidine rings is 1. The molecular formula is C12H22ClN3S. The molecule has 0 saturated carbocycles. The summed E-state index contributed by atoms with van der Waals surface area (Å²) < 4.78 is 0. The van der Waals surface area contributed by atoms with E-state index >= 15 is 0 Å². The Morgan fingerprint density at radius 3 is 2.88 bits per heavy atom. The first-order valence-electron chi connectivity index (χ1n) is 6.17. The minimum atomic E-state index is 0. The zero-order valence-corrected chi connectivity index (χ0v) is 12.0. The van der Waals surface area contributed by atoms with Crippen molar-refractivity contribution in [3.8, 4) is 0 Å². The van der Waals surface area contributed by atoms with Gasteiger partial charge in [-0.05, 0) is 45.3 Å². The second-order valence-electron chi connectivity index (χ2n) is 4.51. The Kier molecular flexibility index (Phi) is 7.04. The van der Waals surface area contributed by atoms with Crippen molar-refractivity contribution in [3.05, 3.63) is 16.1 Å². The molecule has 1 aromatic rings. The van der Waals surface area contributed by atoms with Gasteiger partial charge in [0.1, 0.15) is 0 Å². The largest absolute Gasteiger partial charge is 0.317 e. The molecule has 1 aliphatic rings. The summed E-state index contributed by atoms with van der Waals surface area (Å²) in [6.45, 7) is 6.68. The standard InChI is InChI=1S/C12H21N3S.ClH/c1-10-15-12(9-16-10)4-7-14-8-11-2-5-13-6-3-11;/h9,11,13-14H,2-8H2,1H3;1H. The zero-order chi connectivity index (χ0) is 11.2. The predicted octanol–water partition coefficient (Wildman–Crippen LogP) is 2.01. The van der Waals surface area contributed by atoms with E-state index in [1.165, 1.54) is 43.2 Å². The summed E-state index contributed by atoms with van der Waals surface area (Å²) in [6, 6.07) is 0. The molecule has 3 nitrogen and oxygen atoms in total. The molecule has 98 valence electrons. The lowest BCUT2D eigenvalue weighted by Gasteiger charge is -2.22.